The lowest BCUT2D eigenvalue weighted by Gasteiger charge is -2.27. The highest BCUT2D eigenvalue weighted by Gasteiger charge is 2.17. The molecule has 0 N–H and O–H groups in total. The Kier molecular flexibility index (Phi) is 4.78. The summed E-state index contributed by atoms with van der Waals surface area (Å²) in [6.07, 6.45) is 0. The Morgan fingerprint density at radius 3 is 1.77 bits per heavy atom. The fourth-order valence-corrected chi connectivity index (χ4v) is 4.22. The number of benzene rings is 5. The van der Waals surface area contributed by atoms with E-state index in [1.807, 2.05) is 0 Å². The fraction of sp³-hybridized carbons (Fsp3) is 0.0345. The largest absolute Gasteiger partial charge is 0.343 e. The maximum Gasteiger partial charge on any atom is 0.0567 e. The molecule has 0 aromatic heterocycles. The summed E-state index contributed by atoms with van der Waals surface area (Å²) in [5.41, 5.74) is 7.33. The average Bonchev–Trinajstić information content (AvgIpc) is 2.84. The van der Waals surface area contributed by atoms with Gasteiger partial charge in [0.1, 0.15) is 0 Å². The third-order valence-corrected chi connectivity index (χ3v) is 5.67. The SMILES string of the molecule is CN(c1ccccc1-c1ccccc1)c1c(-c2ccccc2)ccc2ccccc12. The second-order valence-corrected chi connectivity index (χ2v) is 7.49. The molecule has 0 heterocycles. The van der Waals surface area contributed by atoms with E-state index in [1.165, 1.54) is 44.4 Å². The molecule has 0 aliphatic carbocycles. The summed E-state index contributed by atoms with van der Waals surface area (Å²) in [5.74, 6) is 0. The summed E-state index contributed by atoms with van der Waals surface area (Å²) in [7, 11) is 2.18. The summed E-state index contributed by atoms with van der Waals surface area (Å²) in [6.45, 7) is 0. The average molecular weight is 386 g/mol. The van der Waals surface area contributed by atoms with Gasteiger partial charge in [0.25, 0.3) is 0 Å². The van der Waals surface area contributed by atoms with Crippen molar-refractivity contribution in [2.24, 2.45) is 0 Å². The molecule has 5 rings (SSSR count). The van der Waals surface area contributed by atoms with E-state index < -0.39 is 0 Å². The molecule has 144 valence electrons. The van der Waals surface area contributed by atoms with Crippen molar-refractivity contribution in [1.29, 1.82) is 0 Å². The van der Waals surface area contributed by atoms with Crippen molar-refractivity contribution < 1.29 is 0 Å². The van der Waals surface area contributed by atoms with Gasteiger partial charge in [-0.3, -0.25) is 0 Å². The van der Waals surface area contributed by atoms with Crippen LogP contribution >= 0.6 is 0 Å². The van der Waals surface area contributed by atoms with E-state index in [-0.39, 0.29) is 0 Å². The number of fused-ring (bicyclic) bond motifs is 1. The number of para-hydroxylation sites is 1. The van der Waals surface area contributed by atoms with E-state index in [2.05, 4.69) is 133 Å². The zero-order chi connectivity index (χ0) is 20.3. The Morgan fingerprint density at radius 2 is 1.03 bits per heavy atom. The summed E-state index contributed by atoms with van der Waals surface area (Å²) in [6, 6.07) is 43.0. The van der Waals surface area contributed by atoms with Crippen LogP contribution in [0.4, 0.5) is 11.4 Å². The maximum atomic E-state index is 2.34. The van der Waals surface area contributed by atoms with Crippen LogP contribution in [0.2, 0.25) is 0 Å². The van der Waals surface area contributed by atoms with E-state index in [1.54, 1.807) is 0 Å². The zero-order valence-corrected chi connectivity index (χ0v) is 17.0. The van der Waals surface area contributed by atoms with Crippen LogP contribution in [0.3, 0.4) is 0 Å². The molecule has 0 unspecified atom stereocenters. The molecule has 0 saturated carbocycles. The van der Waals surface area contributed by atoms with Crippen molar-refractivity contribution in [1.82, 2.24) is 0 Å². The Hall–Kier alpha value is -3.84. The number of hydrogen-bond acceptors (Lipinski definition) is 1. The lowest BCUT2D eigenvalue weighted by atomic mass is 9.96. The van der Waals surface area contributed by atoms with Gasteiger partial charge in [-0.05, 0) is 22.6 Å². The van der Waals surface area contributed by atoms with Crippen LogP contribution in [-0.2, 0) is 0 Å². The third kappa shape index (κ3) is 3.25. The van der Waals surface area contributed by atoms with Gasteiger partial charge in [-0.15, -0.1) is 0 Å². The predicted molar refractivity (Wildman–Crippen MR) is 129 cm³/mol. The molecule has 0 fully saturated rings. The first-order valence-electron chi connectivity index (χ1n) is 10.3. The lowest BCUT2D eigenvalue weighted by molar-refractivity contribution is 1.22. The van der Waals surface area contributed by atoms with Crippen molar-refractivity contribution in [2.45, 2.75) is 0 Å². The highest BCUT2D eigenvalue weighted by atomic mass is 15.1. The van der Waals surface area contributed by atoms with Gasteiger partial charge in [0.2, 0.25) is 0 Å². The van der Waals surface area contributed by atoms with Crippen molar-refractivity contribution in [2.75, 3.05) is 11.9 Å². The standard InChI is InChI=1S/C29H23N/c1-30(28-19-11-10-17-25(28)22-12-4-2-5-13-22)29-26-18-9-8-16-24(26)20-21-27(29)23-14-6-3-7-15-23/h2-21H,1H3. The van der Waals surface area contributed by atoms with E-state index in [0.717, 1.165) is 0 Å². The first-order chi connectivity index (χ1) is 14.8. The quantitative estimate of drug-likeness (QED) is 0.303. The lowest BCUT2D eigenvalue weighted by Crippen LogP contribution is -2.12. The van der Waals surface area contributed by atoms with Crippen molar-refractivity contribution in [3.05, 3.63) is 121 Å². The minimum atomic E-state index is 1.19. The molecule has 1 nitrogen and oxygen atoms in total. The van der Waals surface area contributed by atoms with Crippen molar-refractivity contribution in [3.8, 4) is 22.3 Å². The maximum absolute atomic E-state index is 2.34. The van der Waals surface area contributed by atoms with E-state index >= 15 is 0 Å². The minimum absolute atomic E-state index is 1.19. The van der Waals surface area contributed by atoms with Crippen LogP contribution in [0, 0.1) is 0 Å². The molecular weight excluding hydrogens is 362 g/mol. The summed E-state index contributed by atoms with van der Waals surface area (Å²) in [5, 5.41) is 2.50. The first kappa shape index (κ1) is 18.2. The Balaban J connectivity index is 1.76. The second-order valence-electron chi connectivity index (χ2n) is 7.49. The molecule has 0 bridgehead atoms. The van der Waals surface area contributed by atoms with Gasteiger partial charge in [-0.1, -0.05) is 115 Å². The smallest absolute Gasteiger partial charge is 0.0567 e. The van der Waals surface area contributed by atoms with E-state index in [4.69, 9.17) is 0 Å². The monoisotopic (exact) mass is 385 g/mol. The van der Waals surface area contributed by atoms with Gasteiger partial charge in [0, 0.05) is 29.2 Å². The van der Waals surface area contributed by atoms with Crippen LogP contribution in [0.25, 0.3) is 33.0 Å². The minimum Gasteiger partial charge on any atom is -0.343 e. The van der Waals surface area contributed by atoms with Crippen LogP contribution < -0.4 is 4.90 Å². The zero-order valence-electron chi connectivity index (χ0n) is 17.0. The third-order valence-electron chi connectivity index (χ3n) is 5.67. The topological polar surface area (TPSA) is 3.24 Å². The Morgan fingerprint density at radius 1 is 0.467 bits per heavy atom. The highest BCUT2D eigenvalue weighted by molar-refractivity contribution is 6.04. The molecule has 5 aromatic rings. The molecular formula is C29H23N. The van der Waals surface area contributed by atoms with Gasteiger partial charge < -0.3 is 4.90 Å². The van der Waals surface area contributed by atoms with Crippen LogP contribution in [0.15, 0.2) is 121 Å². The molecule has 5 aromatic carbocycles. The number of anilines is 2. The van der Waals surface area contributed by atoms with Crippen molar-refractivity contribution in [3.63, 3.8) is 0 Å². The molecule has 0 aliphatic heterocycles. The van der Waals surface area contributed by atoms with Crippen molar-refractivity contribution >= 4 is 22.1 Å². The highest BCUT2D eigenvalue weighted by Crippen LogP contribution is 2.42. The molecule has 0 aliphatic rings. The summed E-state index contributed by atoms with van der Waals surface area (Å²) in [4.78, 5) is 2.34. The summed E-state index contributed by atoms with van der Waals surface area (Å²) >= 11 is 0. The van der Waals surface area contributed by atoms with Crippen LogP contribution in [-0.4, -0.2) is 7.05 Å². The van der Waals surface area contributed by atoms with Gasteiger partial charge >= 0.3 is 0 Å². The molecule has 0 radical (unpaired) electrons. The molecule has 0 spiro atoms. The predicted octanol–water partition coefficient (Wildman–Crippen LogP) is 7.94. The Labute approximate surface area is 177 Å². The van der Waals surface area contributed by atoms with Gasteiger partial charge in [0.15, 0.2) is 0 Å². The molecule has 0 amide bonds. The molecule has 30 heavy (non-hydrogen) atoms. The van der Waals surface area contributed by atoms with E-state index in [9.17, 15) is 0 Å². The second kappa shape index (κ2) is 7.88. The number of rotatable bonds is 4. The van der Waals surface area contributed by atoms with Gasteiger partial charge in [0.05, 0.1) is 5.69 Å². The first-order valence-corrected chi connectivity index (χ1v) is 10.3. The number of hydrogen-bond donors (Lipinski definition) is 0. The van der Waals surface area contributed by atoms with Crippen LogP contribution in [0.5, 0.6) is 0 Å². The van der Waals surface area contributed by atoms with E-state index in [0.29, 0.717) is 0 Å². The van der Waals surface area contributed by atoms with Crippen LogP contribution in [0.1, 0.15) is 0 Å². The fourth-order valence-electron chi connectivity index (χ4n) is 4.22. The summed E-state index contributed by atoms with van der Waals surface area (Å²) < 4.78 is 0. The normalized spacial score (nSPS) is 10.8. The molecule has 0 saturated heterocycles. The van der Waals surface area contributed by atoms with Gasteiger partial charge in [-0.2, -0.15) is 0 Å². The molecule has 1 heteroatoms. The number of nitrogens with zero attached hydrogens (tertiary/aromatic N) is 1. The molecule has 0 atom stereocenters. The Bertz CT molecular complexity index is 1290. The van der Waals surface area contributed by atoms with Gasteiger partial charge in [-0.25, -0.2) is 0 Å².